The first kappa shape index (κ1) is 17.0. The number of primary amides is 1. The third kappa shape index (κ3) is 3.05. The summed E-state index contributed by atoms with van der Waals surface area (Å²) in [6.45, 7) is 0. The topological polar surface area (TPSA) is 52.3 Å². The first-order valence-electron chi connectivity index (χ1n) is 7.58. The Labute approximate surface area is 150 Å². The van der Waals surface area contributed by atoms with Crippen LogP contribution in [0.3, 0.4) is 0 Å². The number of methoxy groups -OCH3 is 1. The molecule has 0 bridgehead atoms. The molecule has 124 valence electrons. The molecule has 3 rings (SSSR count). The highest BCUT2D eigenvalue weighted by Gasteiger charge is 2.46. The van der Waals surface area contributed by atoms with Crippen LogP contribution in [0.2, 0.25) is 0 Å². The zero-order chi connectivity index (χ0) is 17.2. The lowest BCUT2D eigenvalue weighted by Gasteiger charge is -2.37. The minimum Gasteiger partial charge on any atom is -0.376 e. The fourth-order valence-corrected chi connectivity index (χ4v) is 4.01. The molecule has 1 amide bonds. The van der Waals surface area contributed by atoms with Gasteiger partial charge in [0.25, 0.3) is 0 Å². The maximum absolute atomic E-state index is 12.3. The molecule has 1 aromatic rings. The Balaban J connectivity index is 1.95. The van der Waals surface area contributed by atoms with Crippen LogP contribution in [0.25, 0.3) is 6.08 Å². The number of hydrogen-bond donors (Lipinski definition) is 1. The van der Waals surface area contributed by atoms with Gasteiger partial charge in [0.15, 0.2) is 0 Å². The van der Waals surface area contributed by atoms with Gasteiger partial charge in [0.1, 0.15) is 5.41 Å². The minimum absolute atomic E-state index is 0.474. The van der Waals surface area contributed by atoms with Gasteiger partial charge in [0, 0.05) is 17.0 Å². The number of carbonyl (C=O) groups is 1. The van der Waals surface area contributed by atoms with Gasteiger partial charge in [-0.15, -0.1) is 11.3 Å². The smallest absolute Gasteiger partial charge is 0.235 e. The van der Waals surface area contributed by atoms with Crippen molar-refractivity contribution in [3.05, 3.63) is 75.0 Å². The molecule has 2 atom stereocenters. The molecule has 1 aromatic heterocycles. The molecule has 0 saturated heterocycles. The summed E-state index contributed by atoms with van der Waals surface area (Å²) in [5, 5.41) is 2.53. The zero-order valence-electron chi connectivity index (χ0n) is 13.2. The number of rotatable bonds is 4. The highest BCUT2D eigenvalue weighted by Crippen LogP contribution is 2.42. The fourth-order valence-electron chi connectivity index (χ4n) is 3.08. The van der Waals surface area contributed by atoms with E-state index in [1.807, 2.05) is 29.7 Å². The molecule has 0 saturated carbocycles. The number of amides is 1. The molecule has 2 aliphatic carbocycles. The second-order valence-corrected chi connectivity index (χ2v) is 7.13. The van der Waals surface area contributed by atoms with E-state index in [1.165, 1.54) is 10.5 Å². The normalized spacial score (nSPS) is 27.9. The van der Waals surface area contributed by atoms with E-state index < -0.39 is 17.4 Å². The lowest BCUT2D eigenvalue weighted by atomic mass is 9.70. The average Bonchev–Trinajstić information content (AvgIpc) is 3.08. The molecule has 1 heterocycles. The van der Waals surface area contributed by atoms with E-state index in [2.05, 4.69) is 12.1 Å². The summed E-state index contributed by atoms with van der Waals surface area (Å²) in [7, 11) is 1.56. The standard InChI is InChI=1S/C19H18ClNO2S/c1-23-17-9-8-15(20)12-19(17,18(21)22)14-6-4-13(5-7-14)11-16-3-2-10-24-16/h2-4,6-12,17H,5H2,1H3,(H2,21,22). The summed E-state index contributed by atoms with van der Waals surface area (Å²) in [6.07, 6.45) is 13.6. The van der Waals surface area contributed by atoms with Gasteiger partial charge in [0.05, 0.1) is 6.10 Å². The van der Waals surface area contributed by atoms with Gasteiger partial charge in [-0.3, -0.25) is 4.79 Å². The van der Waals surface area contributed by atoms with Gasteiger partial charge in [-0.1, -0.05) is 42.0 Å². The van der Waals surface area contributed by atoms with Gasteiger partial charge >= 0.3 is 0 Å². The van der Waals surface area contributed by atoms with E-state index >= 15 is 0 Å². The molecule has 2 unspecified atom stereocenters. The summed E-state index contributed by atoms with van der Waals surface area (Å²) in [5.74, 6) is -0.474. The highest BCUT2D eigenvalue weighted by molar-refractivity contribution is 7.10. The van der Waals surface area contributed by atoms with E-state index in [-0.39, 0.29) is 0 Å². The van der Waals surface area contributed by atoms with Crippen molar-refractivity contribution in [3.63, 3.8) is 0 Å². The Morgan fingerprint density at radius 3 is 2.88 bits per heavy atom. The number of thiophene rings is 1. The van der Waals surface area contributed by atoms with Crippen molar-refractivity contribution in [2.45, 2.75) is 12.5 Å². The largest absolute Gasteiger partial charge is 0.376 e. The molecule has 0 aromatic carbocycles. The Kier molecular flexibility index (Phi) is 4.90. The fraction of sp³-hybridized carbons (Fsp3) is 0.211. The van der Waals surface area contributed by atoms with Crippen LogP contribution in [0, 0.1) is 5.41 Å². The third-order valence-electron chi connectivity index (χ3n) is 4.29. The number of halogens is 1. The lowest BCUT2D eigenvalue weighted by molar-refractivity contribution is -0.127. The maximum atomic E-state index is 12.3. The number of allylic oxidation sites excluding steroid dienone is 6. The van der Waals surface area contributed by atoms with E-state index in [9.17, 15) is 4.79 Å². The number of nitrogens with two attached hydrogens (primary N) is 1. The third-order valence-corrected chi connectivity index (χ3v) is 5.34. The van der Waals surface area contributed by atoms with E-state index in [0.717, 1.165) is 12.0 Å². The van der Waals surface area contributed by atoms with Crippen molar-refractivity contribution in [1.82, 2.24) is 0 Å². The molecule has 3 nitrogen and oxygen atoms in total. The number of ether oxygens (including phenoxy) is 1. The van der Waals surface area contributed by atoms with Gasteiger partial charge < -0.3 is 10.5 Å². The molecule has 5 heteroatoms. The second kappa shape index (κ2) is 6.93. The van der Waals surface area contributed by atoms with E-state index in [4.69, 9.17) is 22.1 Å². The molecular weight excluding hydrogens is 342 g/mol. The molecule has 0 aliphatic heterocycles. The van der Waals surface area contributed by atoms with Gasteiger partial charge in [-0.2, -0.15) is 0 Å². The Morgan fingerprint density at radius 2 is 2.29 bits per heavy atom. The van der Waals surface area contributed by atoms with E-state index in [1.54, 1.807) is 36.7 Å². The van der Waals surface area contributed by atoms with Crippen molar-refractivity contribution in [2.75, 3.05) is 7.11 Å². The predicted octanol–water partition coefficient (Wildman–Crippen LogP) is 4.20. The van der Waals surface area contributed by atoms with Crippen LogP contribution in [0.15, 0.2) is 70.1 Å². The van der Waals surface area contributed by atoms with Gasteiger partial charge in [-0.25, -0.2) is 0 Å². The van der Waals surface area contributed by atoms with Crippen molar-refractivity contribution in [1.29, 1.82) is 0 Å². The van der Waals surface area contributed by atoms with Gasteiger partial charge in [0.2, 0.25) is 5.91 Å². The van der Waals surface area contributed by atoms with Crippen molar-refractivity contribution in [3.8, 4) is 0 Å². The minimum atomic E-state index is -1.08. The SMILES string of the molecule is COC1C=CC(Cl)=CC1(C(N)=O)C1=CCC(=Cc2cccs2)C=C1. The van der Waals surface area contributed by atoms with Crippen LogP contribution in [-0.2, 0) is 9.53 Å². The van der Waals surface area contributed by atoms with Crippen molar-refractivity contribution in [2.24, 2.45) is 11.1 Å². The van der Waals surface area contributed by atoms with Crippen LogP contribution in [0.4, 0.5) is 0 Å². The maximum Gasteiger partial charge on any atom is 0.235 e. The zero-order valence-corrected chi connectivity index (χ0v) is 14.8. The predicted molar refractivity (Wildman–Crippen MR) is 99.6 cm³/mol. The Bertz CT molecular complexity index is 786. The second-order valence-electron chi connectivity index (χ2n) is 5.71. The summed E-state index contributed by atoms with van der Waals surface area (Å²) in [6, 6.07) is 4.10. The number of hydrogen-bond acceptors (Lipinski definition) is 3. The Morgan fingerprint density at radius 1 is 1.46 bits per heavy atom. The first-order valence-corrected chi connectivity index (χ1v) is 8.84. The van der Waals surface area contributed by atoms with Crippen LogP contribution < -0.4 is 5.73 Å². The molecule has 24 heavy (non-hydrogen) atoms. The molecule has 0 spiro atoms. The molecule has 0 radical (unpaired) electrons. The van der Waals surface area contributed by atoms with Crippen LogP contribution in [0.5, 0.6) is 0 Å². The lowest BCUT2D eigenvalue weighted by Crippen LogP contribution is -2.47. The molecular formula is C19H18ClNO2S. The molecule has 2 aliphatic rings. The van der Waals surface area contributed by atoms with Gasteiger partial charge in [-0.05, 0) is 47.2 Å². The summed E-state index contributed by atoms with van der Waals surface area (Å²) < 4.78 is 5.50. The average molecular weight is 360 g/mol. The molecule has 0 fully saturated rings. The van der Waals surface area contributed by atoms with Crippen LogP contribution in [0.1, 0.15) is 11.3 Å². The quantitative estimate of drug-likeness (QED) is 0.876. The Hall–Kier alpha value is -1.88. The molecule has 2 N–H and O–H groups in total. The van der Waals surface area contributed by atoms with Crippen LogP contribution >= 0.6 is 22.9 Å². The summed E-state index contributed by atoms with van der Waals surface area (Å²) >= 11 is 7.85. The van der Waals surface area contributed by atoms with Crippen LogP contribution in [-0.4, -0.2) is 19.1 Å². The van der Waals surface area contributed by atoms with E-state index in [0.29, 0.717) is 5.03 Å². The summed E-state index contributed by atoms with van der Waals surface area (Å²) in [4.78, 5) is 13.5. The highest BCUT2D eigenvalue weighted by atomic mass is 35.5. The van der Waals surface area contributed by atoms with Crippen molar-refractivity contribution >= 4 is 34.9 Å². The summed E-state index contributed by atoms with van der Waals surface area (Å²) in [5.41, 5.74) is 6.67. The van der Waals surface area contributed by atoms with Crippen molar-refractivity contribution < 1.29 is 9.53 Å². The monoisotopic (exact) mass is 359 g/mol. The number of carbonyl (C=O) groups excluding carboxylic acids is 1. The first-order chi connectivity index (χ1) is 11.6.